The van der Waals surface area contributed by atoms with E-state index in [1.807, 2.05) is 6.92 Å². The SMILES string of the molecule is CC[C@H](C)[C@H](NC(=O)c1ccc([N+](=O)[O-])cc1C)C(=O)O. The molecule has 0 unspecified atom stereocenters. The van der Waals surface area contributed by atoms with E-state index in [2.05, 4.69) is 5.32 Å². The molecule has 0 bridgehead atoms. The van der Waals surface area contributed by atoms with Crippen LogP contribution in [0.3, 0.4) is 0 Å². The molecule has 0 aromatic heterocycles. The molecule has 0 fully saturated rings. The standard InChI is InChI=1S/C14H18N2O5/c1-4-8(2)12(14(18)19)15-13(17)11-6-5-10(16(20)21)7-9(11)3/h5-8,12H,4H2,1-3H3,(H,15,17)(H,18,19)/t8-,12-/m0/s1. The Bertz CT molecular complexity index is 570. The van der Waals surface area contributed by atoms with Crippen LogP contribution in [0.25, 0.3) is 0 Å². The molecular formula is C14H18N2O5. The summed E-state index contributed by atoms with van der Waals surface area (Å²) >= 11 is 0. The van der Waals surface area contributed by atoms with Gasteiger partial charge in [0.25, 0.3) is 11.6 Å². The highest BCUT2D eigenvalue weighted by molar-refractivity contribution is 5.98. The maximum absolute atomic E-state index is 12.1. The Labute approximate surface area is 122 Å². The van der Waals surface area contributed by atoms with Gasteiger partial charge in [0, 0.05) is 17.7 Å². The summed E-state index contributed by atoms with van der Waals surface area (Å²) in [4.78, 5) is 33.4. The van der Waals surface area contributed by atoms with Gasteiger partial charge in [-0.3, -0.25) is 14.9 Å². The topological polar surface area (TPSA) is 110 Å². The highest BCUT2D eigenvalue weighted by Gasteiger charge is 2.26. The first kappa shape index (κ1) is 16.6. The van der Waals surface area contributed by atoms with Crippen LogP contribution < -0.4 is 5.32 Å². The molecule has 7 nitrogen and oxygen atoms in total. The quantitative estimate of drug-likeness (QED) is 0.617. The number of nitrogens with one attached hydrogen (secondary N) is 1. The Balaban J connectivity index is 2.98. The minimum absolute atomic E-state index is 0.110. The van der Waals surface area contributed by atoms with Crippen LogP contribution in [0, 0.1) is 23.0 Å². The third-order valence-corrected chi connectivity index (χ3v) is 3.43. The number of carbonyl (C=O) groups is 2. The molecule has 0 saturated carbocycles. The Hall–Kier alpha value is -2.44. The number of aryl methyl sites for hydroxylation is 1. The molecule has 0 radical (unpaired) electrons. The number of carbonyl (C=O) groups excluding carboxylic acids is 1. The first-order valence-electron chi connectivity index (χ1n) is 6.56. The van der Waals surface area contributed by atoms with Crippen LogP contribution in [-0.4, -0.2) is 27.9 Å². The number of aliphatic carboxylic acids is 1. The number of nitro benzene ring substituents is 1. The molecule has 0 aliphatic heterocycles. The Morgan fingerprint density at radius 2 is 2.05 bits per heavy atom. The van der Waals surface area contributed by atoms with Crippen LogP contribution in [0.2, 0.25) is 0 Å². The first-order chi connectivity index (χ1) is 9.77. The zero-order chi connectivity index (χ0) is 16.2. The van der Waals surface area contributed by atoms with Crippen LogP contribution in [0.15, 0.2) is 18.2 Å². The normalized spacial score (nSPS) is 13.3. The maximum atomic E-state index is 12.1. The fourth-order valence-electron chi connectivity index (χ4n) is 1.92. The molecule has 114 valence electrons. The summed E-state index contributed by atoms with van der Waals surface area (Å²) in [6, 6.07) is 2.85. The van der Waals surface area contributed by atoms with Gasteiger partial charge in [-0.15, -0.1) is 0 Å². The lowest BCUT2D eigenvalue weighted by Gasteiger charge is -2.20. The highest BCUT2D eigenvalue weighted by Crippen LogP contribution is 2.18. The molecule has 0 heterocycles. The van der Waals surface area contributed by atoms with Gasteiger partial charge in [0.1, 0.15) is 6.04 Å². The number of hydrogen-bond donors (Lipinski definition) is 2. The third kappa shape index (κ3) is 4.01. The fraction of sp³-hybridized carbons (Fsp3) is 0.429. The predicted octanol–water partition coefficient (Wildman–Crippen LogP) is 2.13. The van der Waals surface area contributed by atoms with Crippen molar-refractivity contribution in [3.63, 3.8) is 0 Å². The smallest absolute Gasteiger partial charge is 0.326 e. The second kappa shape index (κ2) is 6.83. The van der Waals surface area contributed by atoms with Gasteiger partial charge in [0.15, 0.2) is 0 Å². The number of hydrogen-bond acceptors (Lipinski definition) is 4. The summed E-state index contributed by atoms with van der Waals surface area (Å²) in [7, 11) is 0. The second-order valence-corrected chi connectivity index (χ2v) is 4.93. The number of non-ortho nitro benzene ring substituents is 1. The van der Waals surface area contributed by atoms with Gasteiger partial charge in [-0.25, -0.2) is 4.79 Å². The summed E-state index contributed by atoms with van der Waals surface area (Å²) < 4.78 is 0. The number of carboxylic acid groups (broad SMARTS) is 1. The van der Waals surface area contributed by atoms with E-state index in [1.165, 1.54) is 18.2 Å². The van der Waals surface area contributed by atoms with Crippen LogP contribution in [0.1, 0.15) is 36.2 Å². The van der Waals surface area contributed by atoms with Crippen molar-refractivity contribution in [3.05, 3.63) is 39.4 Å². The van der Waals surface area contributed by atoms with E-state index >= 15 is 0 Å². The molecule has 1 amide bonds. The molecule has 7 heteroatoms. The van der Waals surface area contributed by atoms with Crippen molar-refractivity contribution in [3.8, 4) is 0 Å². The van der Waals surface area contributed by atoms with E-state index < -0.39 is 22.8 Å². The van der Waals surface area contributed by atoms with Gasteiger partial charge in [-0.1, -0.05) is 20.3 Å². The third-order valence-electron chi connectivity index (χ3n) is 3.43. The fourth-order valence-corrected chi connectivity index (χ4v) is 1.92. The molecule has 0 aliphatic rings. The summed E-state index contributed by atoms with van der Waals surface area (Å²) in [6.07, 6.45) is 0.608. The molecule has 1 aromatic carbocycles. The number of nitrogens with zero attached hydrogens (tertiary/aromatic N) is 1. The van der Waals surface area contributed by atoms with Gasteiger partial charge < -0.3 is 10.4 Å². The molecule has 2 atom stereocenters. The monoisotopic (exact) mass is 294 g/mol. The number of rotatable bonds is 6. The summed E-state index contributed by atoms with van der Waals surface area (Å²) in [5.74, 6) is -1.86. The van der Waals surface area contributed by atoms with E-state index in [0.29, 0.717) is 12.0 Å². The zero-order valence-electron chi connectivity index (χ0n) is 12.1. The molecule has 0 aliphatic carbocycles. The lowest BCUT2D eigenvalue weighted by Crippen LogP contribution is -2.45. The first-order valence-corrected chi connectivity index (χ1v) is 6.56. The maximum Gasteiger partial charge on any atom is 0.326 e. The van der Waals surface area contributed by atoms with E-state index in [9.17, 15) is 19.7 Å². The Morgan fingerprint density at radius 3 is 2.48 bits per heavy atom. The predicted molar refractivity (Wildman–Crippen MR) is 76.2 cm³/mol. The molecule has 0 spiro atoms. The summed E-state index contributed by atoms with van der Waals surface area (Å²) in [5, 5.41) is 22.3. The number of nitro groups is 1. The minimum atomic E-state index is -1.10. The molecular weight excluding hydrogens is 276 g/mol. The van der Waals surface area contributed by atoms with Crippen LogP contribution >= 0.6 is 0 Å². The Morgan fingerprint density at radius 1 is 1.43 bits per heavy atom. The van der Waals surface area contributed by atoms with Gasteiger partial charge in [-0.2, -0.15) is 0 Å². The average molecular weight is 294 g/mol. The highest BCUT2D eigenvalue weighted by atomic mass is 16.6. The van der Waals surface area contributed by atoms with Gasteiger partial charge in [-0.05, 0) is 24.5 Å². The largest absolute Gasteiger partial charge is 0.480 e. The van der Waals surface area contributed by atoms with Crippen molar-refractivity contribution < 1.29 is 19.6 Å². The summed E-state index contributed by atoms with van der Waals surface area (Å²) in [6.45, 7) is 5.15. The van der Waals surface area contributed by atoms with Crippen molar-refractivity contribution in [2.75, 3.05) is 0 Å². The lowest BCUT2D eigenvalue weighted by atomic mass is 9.98. The van der Waals surface area contributed by atoms with Gasteiger partial charge in [0.05, 0.1) is 4.92 Å². The van der Waals surface area contributed by atoms with E-state index in [0.717, 1.165) is 0 Å². The lowest BCUT2D eigenvalue weighted by molar-refractivity contribution is -0.384. The number of amides is 1. The number of benzene rings is 1. The van der Waals surface area contributed by atoms with Crippen LogP contribution in [-0.2, 0) is 4.79 Å². The Kier molecular flexibility index (Phi) is 5.40. The van der Waals surface area contributed by atoms with Crippen LogP contribution in [0.5, 0.6) is 0 Å². The van der Waals surface area contributed by atoms with Gasteiger partial charge >= 0.3 is 5.97 Å². The van der Waals surface area contributed by atoms with Crippen molar-refractivity contribution in [1.82, 2.24) is 5.32 Å². The van der Waals surface area contributed by atoms with Crippen molar-refractivity contribution in [2.45, 2.75) is 33.2 Å². The van der Waals surface area contributed by atoms with Crippen molar-refractivity contribution in [2.24, 2.45) is 5.92 Å². The summed E-state index contributed by atoms with van der Waals surface area (Å²) in [5.41, 5.74) is 0.547. The zero-order valence-corrected chi connectivity index (χ0v) is 12.1. The number of carboxylic acids is 1. The molecule has 21 heavy (non-hydrogen) atoms. The van der Waals surface area contributed by atoms with E-state index in [1.54, 1.807) is 13.8 Å². The van der Waals surface area contributed by atoms with E-state index in [4.69, 9.17) is 5.11 Å². The molecule has 0 saturated heterocycles. The van der Waals surface area contributed by atoms with Crippen LogP contribution in [0.4, 0.5) is 5.69 Å². The minimum Gasteiger partial charge on any atom is -0.480 e. The average Bonchev–Trinajstić information content (AvgIpc) is 2.42. The van der Waals surface area contributed by atoms with Crippen molar-refractivity contribution in [1.29, 1.82) is 0 Å². The van der Waals surface area contributed by atoms with Gasteiger partial charge in [0.2, 0.25) is 0 Å². The van der Waals surface area contributed by atoms with Crippen molar-refractivity contribution >= 4 is 17.6 Å². The molecule has 2 N–H and O–H groups in total. The second-order valence-electron chi connectivity index (χ2n) is 4.93. The molecule has 1 aromatic rings. The van der Waals surface area contributed by atoms with E-state index in [-0.39, 0.29) is 17.2 Å². The molecule has 1 rings (SSSR count).